The molecule has 7 heterocycles. The Morgan fingerprint density at radius 1 is 0.116 bits per heavy atom. The van der Waals surface area contributed by atoms with E-state index in [0.717, 1.165) is 173 Å². The summed E-state index contributed by atoms with van der Waals surface area (Å²) in [6.07, 6.45) is 0. The van der Waals surface area contributed by atoms with Crippen LogP contribution in [-0.2, 0) is 0 Å². The van der Waals surface area contributed by atoms with Crippen molar-refractivity contribution in [2.45, 2.75) is 0 Å². The summed E-state index contributed by atoms with van der Waals surface area (Å²) in [7, 11) is 0. The third-order valence-electron chi connectivity index (χ3n) is 28.6. The Kier molecular flexibility index (Phi) is 17.9. The molecule has 0 fully saturated rings. The summed E-state index contributed by atoms with van der Waals surface area (Å²) in [6, 6.07) is 183. The van der Waals surface area contributed by atoms with Gasteiger partial charge in [0.05, 0.1) is 77.6 Å². The topological polar surface area (TPSA) is 55.4 Å². The zero-order valence-corrected chi connectivity index (χ0v) is 74.9. The quantitative estimate of drug-likeness (QED) is 0.103. The third-order valence-corrected chi connectivity index (χ3v) is 28.6. The molecular formula is C130H82N8. The maximum absolute atomic E-state index is 5.81. The van der Waals surface area contributed by atoms with Gasteiger partial charge < -0.3 is 27.4 Å². The summed E-state index contributed by atoms with van der Waals surface area (Å²) < 4.78 is 14.5. The van der Waals surface area contributed by atoms with Gasteiger partial charge >= 0.3 is 0 Å². The van der Waals surface area contributed by atoms with Crippen LogP contribution in [0.1, 0.15) is 0 Å². The van der Waals surface area contributed by atoms with Gasteiger partial charge in [-0.15, -0.1) is 0 Å². The number of hydrogen-bond donors (Lipinski definition) is 0. The molecule has 0 N–H and O–H groups in total. The van der Waals surface area contributed by atoms with E-state index in [1.165, 1.54) is 87.2 Å². The Balaban J connectivity index is 0.615. The highest BCUT2D eigenvalue weighted by Crippen LogP contribution is 2.47. The lowest BCUT2D eigenvalue weighted by molar-refractivity contribution is 1.15. The monoisotopic (exact) mass is 1750 g/mol. The first-order chi connectivity index (χ1) is 68.4. The van der Waals surface area contributed by atoms with Crippen LogP contribution in [0, 0.1) is 0 Å². The standard InChI is InChI=1S/C130H82N8/c1-6-29-83(30-7-1)102-45-16-17-46-103(102)92-31-26-32-93(71-92)116-82-117(94-33-27-43-100(72-94)137-126-67-59-88(84-55-63-122-108(74-84)104-47-18-22-51-118(104)133(122)96-35-8-2-9-36-96)78-112(126)113-79-89(60-68-127(113)137)85-56-64-123-109(75-85)105-48-19-23-52-119(105)134(123)97-37-10-3-11-38-97)132-130(131-116)95-34-28-44-101(73-95)138-128-69-61-90(86-57-65-124-110(76-86)106-49-20-24-53-120(106)135(124)98-39-12-4-13-40-98)80-114(128)115-81-91(62-70-129(115)138)87-58-66-125-111(77-87)107-50-21-25-54-121(107)136(125)99-41-14-5-15-42-99/h1-82H. The van der Waals surface area contributed by atoms with Crippen molar-refractivity contribution in [1.29, 1.82) is 0 Å². The maximum atomic E-state index is 5.81. The predicted molar refractivity (Wildman–Crippen MR) is 577 cm³/mol. The van der Waals surface area contributed by atoms with Gasteiger partial charge in [-0.25, -0.2) is 9.97 Å². The zero-order valence-electron chi connectivity index (χ0n) is 74.9. The molecule has 0 bridgehead atoms. The number of nitrogens with zero attached hydrogens (tertiary/aromatic N) is 8. The molecule has 0 aliphatic carbocycles. The lowest BCUT2D eigenvalue weighted by Gasteiger charge is -2.15. The number of fused-ring (bicyclic) bond motifs is 18. The Morgan fingerprint density at radius 2 is 0.326 bits per heavy atom. The van der Waals surface area contributed by atoms with E-state index in [0.29, 0.717) is 5.82 Å². The minimum absolute atomic E-state index is 0.603. The molecule has 21 aromatic carbocycles. The molecule has 7 aromatic heterocycles. The molecule has 8 heteroatoms. The van der Waals surface area contributed by atoms with Crippen molar-refractivity contribution < 1.29 is 0 Å². The Bertz CT molecular complexity index is 8910. The molecule has 0 saturated carbocycles. The van der Waals surface area contributed by atoms with Crippen molar-refractivity contribution in [3.8, 4) is 135 Å². The molecule has 0 atom stereocenters. The van der Waals surface area contributed by atoms with Crippen molar-refractivity contribution in [1.82, 2.24) is 37.4 Å². The minimum Gasteiger partial charge on any atom is -0.309 e. The first-order valence-corrected chi connectivity index (χ1v) is 47.3. The fraction of sp³-hybridized carbons (Fsp3) is 0. The molecule has 0 spiro atoms. The van der Waals surface area contributed by atoms with E-state index in [-0.39, 0.29) is 0 Å². The second-order valence-electron chi connectivity index (χ2n) is 36.3. The summed E-state index contributed by atoms with van der Waals surface area (Å²) in [5.74, 6) is 0.603. The number of para-hydroxylation sites is 8. The molecule has 8 nitrogen and oxygen atoms in total. The molecule has 0 aliphatic rings. The molecule has 0 aliphatic heterocycles. The summed E-state index contributed by atoms with van der Waals surface area (Å²) >= 11 is 0. The average Bonchev–Trinajstić information content (AvgIpc) is 1.58. The van der Waals surface area contributed by atoms with Crippen LogP contribution in [0.3, 0.4) is 0 Å². The maximum Gasteiger partial charge on any atom is 0.160 e. The van der Waals surface area contributed by atoms with Crippen molar-refractivity contribution in [3.63, 3.8) is 0 Å². The molecule has 0 amide bonds. The minimum atomic E-state index is 0.603. The van der Waals surface area contributed by atoms with Gasteiger partial charge in [0.2, 0.25) is 0 Å². The Labute approximate surface area is 794 Å². The highest BCUT2D eigenvalue weighted by atomic mass is 15.0. The van der Waals surface area contributed by atoms with Crippen molar-refractivity contribution in [2.24, 2.45) is 0 Å². The van der Waals surface area contributed by atoms with E-state index >= 15 is 0 Å². The van der Waals surface area contributed by atoms with Crippen LogP contribution < -0.4 is 0 Å². The summed E-state index contributed by atoms with van der Waals surface area (Å²) in [6.45, 7) is 0. The number of rotatable bonds is 15. The summed E-state index contributed by atoms with van der Waals surface area (Å²) in [5.41, 5.74) is 38.3. The number of aromatic nitrogens is 8. The molecule has 138 heavy (non-hydrogen) atoms. The lowest BCUT2D eigenvalue weighted by atomic mass is 9.93. The first-order valence-electron chi connectivity index (χ1n) is 47.3. The fourth-order valence-corrected chi connectivity index (χ4v) is 22.3. The normalized spacial score (nSPS) is 11.9. The highest BCUT2D eigenvalue weighted by molar-refractivity contribution is 6.18. The SMILES string of the molecule is c1ccc(-c2ccccc2-c2cccc(-c3cc(-c4cccc(-n5c6ccc(-c7ccc8c(c7)c7ccccc7n8-c7ccccc7)cc6c6cc(-c7ccc8c(c7)c7ccccc7n8-c7ccccc7)ccc65)c4)nc(-c4cccc(-n5c6ccc(-c7ccc8c(c7)c7ccccc7n8-c7ccccc7)cc6c6cc(-c7ccc8c(c7)c7ccccc7n8-c7ccccc7)ccc65)c4)n3)c2)cc1. The van der Waals surface area contributed by atoms with Gasteiger partial charge in [-0.05, 0) is 273 Å². The third kappa shape index (κ3) is 12.7. The molecule has 28 rings (SSSR count). The largest absolute Gasteiger partial charge is 0.309 e. The van der Waals surface area contributed by atoms with Gasteiger partial charge in [-0.1, -0.05) is 291 Å². The van der Waals surface area contributed by atoms with Gasteiger partial charge in [-0.2, -0.15) is 0 Å². The second kappa shape index (κ2) is 31.6. The van der Waals surface area contributed by atoms with Crippen LogP contribution in [0.25, 0.3) is 266 Å². The van der Waals surface area contributed by atoms with E-state index < -0.39 is 0 Å². The summed E-state index contributed by atoms with van der Waals surface area (Å²) in [5, 5.41) is 14.3. The van der Waals surface area contributed by atoms with E-state index in [9.17, 15) is 0 Å². The Morgan fingerprint density at radius 3 is 0.645 bits per heavy atom. The summed E-state index contributed by atoms with van der Waals surface area (Å²) in [4.78, 5) is 11.6. The zero-order chi connectivity index (χ0) is 90.6. The van der Waals surface area contributed by atoms with Crippen molar-refractivity contribution in [2.75, 3.05) is 0 Å². The van der Waals surface area contributed by atoms with E-state index in [4.69, 9.17) is 9.97 Å². The van der Waals surface area contributed by atoms with Crippen LogP contribution in [0.15, 0.2) is 497 Å². The smallest absolute Gasteiger partial charge is 0.160 e. The van der Waals surface area contributed by atoms with Gasteiger partial charge in [0.25, 0.3) is 0 Å². The van der Waals surface area contributed by atoms with Crippen LogP contribution >= 0.6 is 0 Å². The molecule has 0 saturated heterocycles. The van der Waals surface area contributed by atoms with Gasteiger partial charge in [0.15, 0.2) is 5.82 Å². The predicted octanol–water partition coefficient (Wildman–Crippen LogP) is 34.1. The van der Waals surface area contributed by atoms with Gasteiger partial charge in [0, 0.05) is 115 Å². The average molecular weight is 1760 g/mol. The van der Waals surface area contributed by atoms with Crippen molar-refractivity contribution >= 4 is 131 Å². The van der Waals surface area contributed by atoms with Crippen LogP contribution in [0.4, 0.5) is 0 Å². The van der Waals surface area contributed by atoms with Gasteiger partial charge in [-0.3, -0.25) is 0 Å². The molecule has 642 valence electrons. The van der Waals surface area contributed by atoms with E-state index in [2.05, 4.69) is 525 Å². The first kappa shape index (κ1) is 78.2. The fourth-order valence-electron chi connectivity index (χ4n) is 22.3. The van der Waals surface area contributed by atoms with Crippen molar-refractivity contribution in [3.05, 3.63) is 497 Å². The van der Waals surface area contributed by atoms with Crippen LogP contribution in [0.5, 0.6) is 0 Å². The van der Waals surface area contributed by atoms with Crippen LogP contribution in [-0.4, -0.2) is 37.4 Å². The highest BCUT2D eigenvalue weighted by Gasteiger charge is 2.25. The molecule has 0 unspecified atom stereocenters. The number of benzene rings is 21. The number of hydrogen-bond acceptors (Lipinski definition) is 2. The Hall–Kier alpha value is -18.5. The molecular weight excluding hydrogens is 1670 g/mol. The van der Waals surface area contributed by atoms with Gasteiger partial charge in [0.1, 0.15) is 0 Å². The molecule has 28 aromatic rings. The van der Waals surface area contributed by atoms with E-state index in [1.54, 1.807) is 0 Å². The van der Waals surface area contributed by atoms with Crippen LogP contribution in [0.2, 0.25) is 0 Å². The lowest BCUT2D eigenvalue weighted by Crippen LogP contribution is -1.99. The van der Waals surface area contributed by atoms with E-state index in [1.807, 2.05) is 0 Å². The molecule has 0 radical (unpaired) electrons. The second-order valence-corrected chi connectivity index (χ2v) is 36.3.